The Balaban J connectivity index is 2.60. The number of methoxy groups -OCH3 is 2. The summed E-state index contributed by atoms with van der Waals surface area (Å²) in [5.41, 5.74) is -0.174. The lowest BCUT2D eigenvalue weighted by Crippen LogP contribution is -2.37. The first kappa shape index (κ1) is 14.7. The average molecular weight is 329 g/mol. The first-order valence-corrected chi connectivity index (χ1v) is 7.30. The standard InChI is InChI=1S/C15H21BrO3/c1-14(2)8-5-9-15(14,17)10-6-7-11(18-3)12(16)13(10)19-4/h6-7,17H,5,8-9H2,1-4H3. The first-order valence-electron chi connectivity index (χ1n) is 6.51. The molecule has 1 fully saturated rings. The third-order valence-electron chi connectivity index (χ3n) is 4.39. The summed E-state index contributed by atoms with van der Waals surface area (Å²) in [5.74, 6) is 1.37. The number of ether oxygens (including phenoxy) is 2. The lowest BCUT2D eigenvalue weighted by molar-refractivity contribution is -0.0501. The van der Waals surface area contributed by atoms with Gasteiger partial charge in [0.2, 0.25) is 0 Å². The molecule has 106 valence electrons. The fourth-order valence-electron chi connectivity index (χ4n) is 3.05. The second-order valence-electron chi connectivity index (χ2n) is 5.76. The molecular weight excluding hydrogens is 308 g/mol. The molecule has 1 N–H and O–H groups in total. The lowest BCUT2D eigenvalue weighted by Gasteiger charge is -2.38. The molecule has 0 radical (unpaired) electrons. The minimum absolute atomic E-state index is 0.158. The van der Waals surface area contributed by atoms with Crippen molar-refractivity contribution in [1.82, 2.24) is 0 Å². The van der Waals surface area contributed by atoms with Crippen molar-refractivity contribution in [1.29, 1.82) is 0 Å². The molecule has 1 aromatic rings. The Morgan fingerprint density at radius 2 is 1.84 bits per heavy atom. The van der Waals surface area contributed by atoms with Crippen molar-refractivity contribution >= 4 is 15.9 Å². The zero-order valence-corrected chi connectivity index (χ0v) is 13.5. The van der Waals surface area contributed by atoms with E-state index in [0.29, 0.717) is 11.5 Å². The molecule has 19 heavy (non-hydrogen) atoms. The molecule has 3 nitrogen and oxygen atoms in total. The van der Waals surface area contributed by atoms with Crippen molar-refractivity contribution in [2.45, 2.75) is 38.7 Å². The maximum Gasteiger partial charge on any atom is 0.142 e. The second-order valence-corrected chi connectivity index (χ2v) is 6.55. The van der Waals surface area contributed by atoms with Crippen LogP contribution in [-0.2, 0) is 5.60 Å². The van der Waals surface area contributed by atoms with E-state index in [9.17, 15) is 5.11 Å². The Kier molecular flexibility index (Phi) is 3.85. The predicted octanol–water partition coefficient (Wildman–Crippen LogP) is 3.86. The van der Waals surface area contributed by atoms with Crippen LogP contribution < -0.4 is 9.47 Å². The summed E-state index contributed by atoms with van der Waals surface area (Å²) >= 11 is 3.50. The molecule has 0 heterocycles. The van der Waals surface area contributed by atoms with E-state index in [-0.39, 0.29) is 5.41 Å². The molecule has 2 rings (SSSR count). The first-order chi connectivity index (χ1) is 8.87. The molecule has 1 aromatic carbocycles. The molecule has 0 amide bonds. The van der Waals surface area contributed by atoms with E-state index < -0.39 is 5.60 Å². The van der Waals surface area contributed by atoms with Gasteiger partial charge < -0.3 is 14.6 Å². The number of halogens is 1. The van der Waals surface area contributed by atoms with Crippen molar-refractivity contribution in [2.24, 2.45) is 5.41 Å². The molecule has 4 heteroatoms. The van der Waals surface area contributed by atoms with Gasteiger partial charge in [0, 0.05) is 5.56 Å². The number of hydrogen-bond acceptors (Lipinski definition) is 3. The van der Waals surface area contributed by atoms with Gasteiger partial charge in [-0.25, -0.2) is 0 Å². The van der Waals surface area contributed by atoms with Crippen molar-refractivity contribution in [2.75, 3.05) is 14.2 Å². The highest BCUT2D eigenvalue weighted by molar-refractivity contribution is 9.10. The van der Waals surface area contributed by atoms with Gasteiger partial charge in [-0.15, -0.1) is 0 Å². The zero-order valence-electron chi connectivity index (χ0n) is 11.9. The average Bonchev–Trinajstić information content (AvgIpc) is 2.64. The fourth-order valence-corrected chi connectivity index (χ4v) is 3.72. The maximum atomic E-state index is 11.1. The minimum atomic E-state index is -0.854. The van der Waals surface area contributed by atoms with Gasteiger partial charge >= 0.3 is 0 Å². The van der Waals surface area contributed by atoms with Gasteiger partial charge in [0.25, 0.3) is 0 Å². The van der Waals surface area contributed by atoms with Crippen LogP contribution in [0.3, 0.4) is 0 Å². The summed E-state index contributed by atoms with van der Waals surface area (Å²) in [4.78, 5) is 0. The molecule has 0 bridgehead atoms. The summed E-state index contributed by atoms with van der Waals surface area (Å²) in [6.45, 7) is 4.22. The molecule has 0 saturated heterocycles. The van der Waals surface area contributed by atoms with Gasteiger partial charge in [-0.1, -0.05) is 13.8 Å². The lowest BCUT2D eigenvalue weighted by atomic mass is 9.73. The maximum absolute atomic E-state index is 11.1. The molecule has 1 unspecified atom stereocenters. The summed E-state index contributed by atoms with van der Waals surface area (Å²) in [6.07, 6.45) is 2.79. The summed E-state index contributed by atoms with van der Waals surface area (Å²) < 4.78 is 11.5. The molecule has 1 saturated carbocycles. The van der Waals surface area contributed by atoms with Crippen LogP contribution in [-0.4, -0.2) is 19.3 Å². The Bertz CT molecular complexity index is 485. The van der Waals surface area contributed by atoms with Gasteiger partial charge in [0.15, 0.2) is 0 Å². The van der Waals surface area contributed by atoms with E-state index in [2.05, 4.69) is 29.8 Å². The van der Waals surface area contributed by atoms with E-state index in [1.807, 2.05) is 12.1 Å². The molecule has 0 aliphatic heterocycles. The van der Waals surface area contributed by atoms with E-state index in [0.717, 1.165) is 29.3 Å². The molecule has 0 aromatic heterocycles. The summed E-state index contributed by atoms with van der Waals surface area (Å²) in [7, 11) is 3.24. The molecule has 1 aliphatic rings. The Labute approximate surface area is 123 Å². The number of rotatable bonds is 3. The number of hydrogen-bond donors (Lipinski definition) is 1. The minimum Gasteiger partial charge on any atom is -0.495 e. The van der Waals surface area contributed by atoms with Crippen LogP contribution in [0.4, 0.5) is 0 Å². The van der Waals surface area contributed by atoms with Crippen LogP contribution in [0.2, 0.25) is 0 Å². The van der Waals surface area contributed by atoms with Crippen LogP contribution >= 0.6 is 15.9 Å². The molecular formula is C15H21BrO3. The normalized spacial score (nSPS) is 25.4. The monoisotopic (exact) mass is 328 g/mol. The van der Waals surface area contributed by atoms with Crippen molar-refractivity contribution < 1.29 is 14.6 Å². The van der Waals surface area contributed by atoms with E-state index in [4.69, 9.17) is 9.47 Å². The second kappa shape index (κ2) is 4.98. The smallest absolute Gasteiger partial charge is 0.142 e. The van der Waals surface area contributed by atoms with Gasteiger partial charge in [-0.05, 0) is 52.7 Å². The van der Waals surface area contributed by atoms with E-state index in [1.165, 1.54) is 0 Å². The van der Waals surface area contributed by atoms with Crippen LogP contribution in [0.15, 0.2) is 16.6 Å². The third kappa shape index (κ3) is 2.15. The van der Waals surface area contributed by atoms with Crippen LogP contribution in [0.1, 0.15) is 38.7 Å². The highest BCUT2D eigenvalue weighted by atomic mass is 79.9. The Morgan fingerprint density at radius 1 is 1.16 bits per heavy atom. The Hall–Kier alpha value is -0.740. The third-order valence-corrected chi connectivity index (χ3v) is 5.14. The summed E-state index contributed by atoms with van der Waals surface area (Å²) in [5, 5.41) is 11.1. The Morgan fingerprint density at radius 3 is 2.32 bits per heavy atom. The van der Waals surface area contributed by atoms with Crippen LogP contribution in [0, 0.1) is 5.41 Å². The molecule has 0 spiro atoms. The van der Waals surface area contributed by atoms with Crippen molar-refractivity contribution in [3.8, 4) is 11.5 Å². The molecule has 1 aliphatic carbocycles. The number of aliphatic hydroxyl groups is 1. The van der Waals surface area contributed by atoms with E-state index >= 15 is 0 Å². The van der Waals surface area contributed by atoms with Gasteiger partial charge in [-0.2, -0.15) is 0 Å². The fraction of sp³-hybridized carbons (Fsp3) is 0.600. The predicted molar refractivity (Wildman–Crippen MR) is 78.8 cm³/mol. The topological polar surface area (TPSA) is 38.7 Å². The van der Waals surface area contributed by atoms with Crippen molar-refractivity contribution in [3.63, 3.8) is 0 Å². The van der Waals surface area contributed by atoms with Crippen molar-refractivity contribution in [3.05, 3.63) is 22.2 Å². The SMILES string of the molecule is COc1ccc(C2(O)CCCC2(C)C)c(OC)c1Br. The van der Waals surface area contributed by atoms with Crippen LogP contribution in [0.5, 0.6) is 11.5 Å². The highest BCUT2D eigenvalue weighted by Gasteiger charge is 2.50. The number of benzene rings is 1. The quantitative estimate of drug-likeness (QED) is 0.915. The summed E-state index contributed by atoms with van der Waals surface area (Å²) in [6, 6.07) is 3.78. The van der Waals surface area contributed by atoms with Gasteiger partial charge in [0.05, 0.1) is 19.8 Å². The highest BCUT2D eigenvalue weighted by Crippen LogP contribution is 2.55. The zero-order chi connectivity index (χ0) is 14.3. The van der Waals surface area contributed by atoms with E-state index in [1.54, 1.807) is 14.2 Å². The largest absolute Gasteiger partial charge is 0.495 e. The van der Waals surface area contributed by atoms with Gasteiger partial charge in [0.1, 0.15) is 16.0 Å². The van der Waals surface area contributed by atoms with Gasteiger partial charge in [-0.3, -0.25) is 0 Å². The molecule has 1 atom stereocenters. The van der Waals surface area contributed by atoms with Crippen LogP contribution in [0.25, 0.3) is 0 Å².